The highest BCUT2D eigenvalue weighted by atomic mass is 79.9. The first kappa shape index (κ1) is 19.2. The third-order valence-corrected chi connectivity index (χ3v) is 8.01. The first-order valence-corrected chi connectivity index (χ1v) is 12.2. The van der Waals surface area contributed by atoms with E-state index < -0.39 is 9.84 Å². The Morgan fingerprint density at radius 2 is 2.07 bits per heavy atom. The maximum atomic E-state index is 14.1. The second-order valence-electron chi connectivity index (χ2n) is 6.50. The number of hydrogen-bond donors (Lipinski definition) is 0. The molecule has 2 aliphatic rings. The SMILES string of the molecule is O=S1(=O)C[C@@H]2N=C(SCc3ccc(Br)cc3F)N(c3cccc(Cl)c3)[C@H]2C1. The van der Waals surface area contributed by atoms with Crippen LogP contribution in [0.4, 0.5) is 10.1 Å². The van der Waals surface area contributed by atoms with Crippen LogP contribution in [0.5, 0.6) is 0 Å². The third-order valence-electron chi connectivity index (χ3n) is 4.57. The average Bonchev–Trinajstić information content (AvgIpc) is 3.05. The summed E-state index contributed by atoms with van der Waals surface area (Å²) in [7, 11) is -3.11. The van der Waals surface area contributed by atoms with Gasteiger partial charge < -0.3 is 4.90 Å². The van der Waals surface area contributed by atoms with E-state index in [2.05, 4.69) is 20.9 Å². The number of rotatable bonds is 3. The van der Waals surface area contributed by atoms with Crippen molar-refractivity contribution in [1.29, 1.82) is 0 Å². The quantitative estimate of drug-likeness (QED) is 0.636. The number of hydrogen-bond acceptors (Lipinski definition) is 5. The van der Waals surface area contributed by atoms with E-state index in [1.54, 1.807) is 24.3 Å². The first-order chi connectivity index (χ1) is 12.8. The summed E-state index contributed by atoms with van der Waals surface area (Å²) >= 11 is 10.8. The van der Waals surface area contributed by atoms with Crippen molar-refractivity contribution in [3.63, 3.8) is 0 Å². The van der Waals surface area contributed by atoms with Crippen LogP contribution in [-0.2, 0) is 15.6 Å². The molecule has 2 aromatic carbocycles. The molecule has 0 radical (unpaired) electrons. The molecule has 0 spiro atoms. The van der Waals surface area contributed by atoms with Crippen molar-refractivity contribution in [2.45, 2.75) is 17.8 Å². The van der Waals surface area contributed by atoms with E-state index in [9.17, 15) is 12.8 Å². The van der Waals surface area contributed by atoms with Gasteiger partial charge in [-0.25, -0.2) is 12.8 Å². The standard InChI is InChI=1S/C18H15BrClFN2O2S2/c19-12-5-4-11(15(21)6-12)8-26-18-22-16-9-27(24,25)10-17(16)23(18)14-3-1-2-13(20)7-14/h1-7,16-17H,8-10H2/t16-,17-/m0/s1. The predicted molar refractivity (Wildman–Crippen MR) is 113 cm³/mol. The molecule has 0 N–H and O–H groups in total. The van der Waals surface area contributed by atoms with Gasteiger partial charge in [0.15, 0.2) is 15.0 Å². The van der Waals surface area contributed by atoms with Crippen LogP contribution in [0.3, 0.4) is 0 Å². The van der Waals surface area contributed by atoms with Gasteiger partial charge in [0.1, 0.15) is 5.82 Å². The van der Waals surface area contributed by atoms with Crippen molar-refractivity contribution in [2.24, 2.45) is 4.99 Å². The second-order valence-corrected chi connectivity index (χ2v) is 10.9. The van der Waals surface area contributed by atoms with Gasteiger partial charge in [0.05, 0.1) is 23.6 Å². The number of fused-ring (bicyclic) bond motifs is 1. The highest BCUT2D eigenvalue weighted by Gasteiger charge is 2.47. The Morgan fingerprint density at radius 1 is 1.26 bits per heavy atom. The van der Waals surface area contributed by atoms with Crippen LogP contribution in [0.2, 0.25) is 5.02 Å². The number of anilines is 1. The minimum Gasteiger partial charge on any atom is -0.315 e. The summed E-state index contributed by atoms with van der Waals surface area (Å²) < 4.78 is 39.0. The Hall–Kier alpha value is -1.09. The molecule has 9 heteroatoms. The van der Waals surface area contributed by atoms with Crippen LogP contribution in [0.25, 0.3) is 0 Å². The molecule has 0 aromatic heterocycles. The van der Waals surface area contributed by atoms with Gasteiger partial charge in [0.2, 0.25) is 0 Å². The van der Waals surface area contributed by atoms with Crippen LogP contribution < -0.4 is 4.90 Å². The van der Waals surface area contributed by atoms with E-state index in [-0.39, 0.29) is 29.4 Å². The number of nitrogens with zero attached hydrogens (tertiary/aromatic N) is 2. The zero-order chi connectivity index (χ0) is 19.2. The molecular weight excluding hydrogens is 475 g/mol. The Labute approximate surface area is 174 Å². The van der Waals surface area contributed by atoms with Gasteiger partial charge in [0.25, 0.3) is 0 Å². The average molecular weight is 490 g/mol. The van der Waals surface area contributed by atoms with Crippen molar-refractivity contribution in [3.05, 3.63) is 63.3 Å². The summed E-state index contributed by atoms with van der Waals surface area (Å²) in [5.41, 5.74) is 1.37. The van der Waals surface area contributed by atoms with Crippen LogP contribution in [-0.4, -0.2) is 37.2 Å². The Morgan fingerprint density at radius 3 is 2.81 bits per heavy atom. The molecule has 2 heterocycles. The number of halogens is 3. The fourth-order valence-corrected chi connectivity index (χ4v) is 6.81. The van der Waals surface area contributed by atoms with Gasteiger partial charge >= 0.3 is 0 Å². The smallest absolute Gasteiger partial charge is 0.164 e. The van der Waals surface area contributed by atoms with E-state index in [1.807, 2.05) is 17.0 Å². The molecule has 1 saturated heterocycles. The van der Waals surface area contributed by atoms with Gasteiger partial charge in [-0.05, 0) is 35.9 Å². The third kappa shape index (κ3) is 4.04. The fourth-order valence-electron chi connectivity index (χ4n) is 3.34. The lowest BCUT2D eigenvalue weighted by Gasteiger charge is -2.26. The summed E-state index contributed by atoms with van der Waals surface area (Å²) in [5.74, 6) is 0.226. The highest BCUT2D eigenvalue weighted by molar-refractivity contribution is 9.10. The van der Waals surface area contributed by atoms with Gasteiger partial charge in [-0.3, -0.25) is 4.99 Å². The molecule has 2 aliphatic heterocycles. The molecule has 0 amide bonds. The van der Waals surface area contributed by atoms with E-state index in [0.29, 0.717) is 26.0 Å². The van der Waals surface area contributed by atoms with Gasteiger partial charge in [-0.15, -0.1) is 0 Å². The zero-order valence-corrected chi connectivity index (χ0v) is 18.0. The van der Waals surface area contributed by atoms with E-state index in [1.165, 1.54) is 17.8 Å². The molecule has 4 nitrogen and oxygen atoms in total. The maximum Gasteiger partial charge on any atom is 0.164 e. The largest absolute Gasteiger partial charge is 0.315 e. The fraction of sp³-hybridized carbons (Fsp3) is 0.278. The molecule has 27 heavy (non-hydrogen) atoms. The van der Waals surface area contributed by atoms with Crippen LogP contribution in [0.15, 0.2) is 51.9 Å². The molecule has 0 bridgehead atoms. The number of aliphatic imine (C=N–C) groups is 1. The number of benzene rings is 2. The highest BCUT2D eigenvalue weighted by Crippen LogP contribution is 2.37. The van der Waals surface area contributed by atoms with E-state index in [0.717, 1.165) is 5.69 Å². The van der Waals surface area contributed by atoms with Gasteiger partial charge in [0, 0.05) is 20.9 Å². The van der Waals surface area contributed by atoms with Crippen LogP contribution in [0, 0.1) is 5.82 Å². The van der Waals surface area contributed by atoms with Crippen molar-refractivity contribution in [1.82, 2.24) is 0 Å². The monoisotopic (exact) mass is 488 g/mol. The van der Waals surface area contributed by atoms with Crippen LogP contribution >= 0.6 is 39.3 Å². The second kappa shape index (κ2) is 7.39. The van der Waals surface area contributed by atoms with Gasteiger partial charge in [-0.1, -0.05) is 51.4 Å². The molecule has 142 valence electrons. The number of thioether (sulfide) groups is 1. The summed E-state index contributed by atoms with van der Waals surface area (Å²) in [4.78, 5) is 6.58. The Bertz CT molecular complexity index is 1030. The van der Waals surface area contributed by atoms with Gasteiger partial charge in [-0.2, -0.15) is 0 Å². The molecule has 2 aromatic rings. The molecule has 0 unspecified atom stereocenters. The topological polar surface area (TPSA) is 49.7 Å². The molecule has 2 atom stereocenters. The van der Waals surface area contributed by atoms with Crippen molar-refractivity contribution in [2.75, 3.05) is 16.4 Å². The molecule has 1 fully saturated rings. The lowest BCUT2D eigenvalue weighted by Crippen LogP contribution is -2.39. The maximum absolute atomic E-state index is 14.1. The Kier molecular flexibility index (Phi) is 5.26. The van der Waals surface area contributed by atoms with Crippen molar-refractivity contribution in [3.8, 4) is 0 Å². The lowest BCUT2D eigenvalue weighted by molar-refractivity contribution is 0.601. The summed E-state index contributed by atoms with van der Waals surface area (Å²) in [5, 5.41) is 1.27. The number of amidine groups is 1. The summed E-state index contributed by atoms with van der Waals surface area (Å²) in [6.07, 6.45) is 0. The molecule has 0 aliphatic carbocycles. The molecular formula is C18H15BrClFN2O2S2. The van der Waals surface area contributed by atoms with E-state index in [4.69, 9.17) is 11.6 Å². The predicted octanol–water partition coefficient (Wildman–Crippen LogP) is 4.52. The lowest BCUT2D eigenvalue weighted by atomic mass is 10.1. The Balaban J connectivity index is 1.63. The first-order valence-electron chi connectivity index (χ1n) is 8.22. The minimum absolute atomic E-state index is 0.0471. The van der Waals surface area contributed by atoms with Crippen molar-refractivity contribution >= 4 is 60.0 Å². The van der Waals surface area contributed by atoms with Crippen LogP contribution in [0.1, 0.15) is 5.56 Å². The molecule has 0 saturated carbocycles. The summed E-state index contributed by atoms with van der Waals surface area (Å²) in [6.45, 7) is 0. The number of sulfone groups is 1. The van der Waals surface area contributed by atoms with Crippen molar-refractivity contribution < 1.29 is 12.8 Å². The summed E-state index contributed by atoms with van der Waals surface area (Å²) in [6, 6.07) is 11.7. The molecule has 4 rings (SSSR count). The van der Waals surface area contributed by atoms with E-state index >= 15 is 0 Å². The minimum atomic E-state index is -3.11. The zero-order valence-electron chi connectivity index (χ0n) is 14.0. The normalized spacial score (nSPS) is 23.4.